The van der Waals surface area contributed by atoms with Crippen molar-refractivity contribution in [1.82, 2.24) is 9.88 Å². The van der Waals surface area contributed by atoms with E-state index in [0.29, 0.717) is 13.0 Å². The molecule has 0 unspecified atom stereocenters. The maximum Gasteiger partial charge on any atom is 0.337 e. The zero-order valence-corrected chi connectivity index (χ0v) is 21.4. The van der Waals surface area contributed by atoms with E-state index in [2.05, 4.69) is 16.0 Å². The number of esters is 1. The Bertz CT molecular complexity index is 1250. The van der Waals surface area contributed by atoms with Gasteiger partial charge in [-0.1, -0.05) is 18.2 Å². The highest BCUT2D eigenvalue weighted by Gasteiger charge is 2.52. The second-order valence-corrected chi connectivity index (χ2v) is 10.7. The van der Waals surface area contributed by atoms with E-state index < -0.39 is 67.5 Å². The highest BCUT2D eigenvalue weighted by molar-refractivity contribution is 5.89. The van der Waals surface area contributed by atoms with Crippen molar-refractivity contribution in [3.8, 4) is 0 Å². The van der Waals surface area contributed by atoms with Gasteiger partial charge in [0, 0.05) is 35.6 Å². The molecule has 12 nitrogen and oxygen atoms in total. The van der Waals surface area contributed by atoms with E-state index in [-0.39, 0.29) is 18.2 Å². The number of hydrogen-bond donors (Lipinski definition) is 6. The van der Waals surface area contributed by atoms with Crippen LogP contribution in [-0.4, -0.2) is 111 Å². The van der Waals surface area contributed by atoms with E-state index in [0.717, 1.165) is 23.0 Å². The number of hydrogen-bond acceptors (Lipinski definition) is 11. The molecule has 212 valence electrons. The molecule has 4 aliphatic rings. The zero-order valence-electron chi connectivity index (χ0n) is 21.4. The summed E-state index contributed by atoms with van der Waals surface area (Å²) in [5.74, 6) is -1.87. The number of carbonyl (C=O) groups excluding carboxylic acids is 1. The van der Waals surface area contributed by atoms with Gasteiger partial charge in [-0.25, -0.2) is 4.79 Å². The number of aliphatic hydroxyl groups excluding tert-OH is 5. The Labute approximate surface area is 224 Å². The Morgan fingerprint density at radius 2 is 1.92 bits per heavy atom. The third-order valence-electron chi connectivity index (χ3n) is 8.66. The van der Waals surface area contributed by atoms with Crippen LogP contribution in [-0.2, 0) is 30.2 Å². The van der Waals surface area contributed by atoms with Crippen molar-refractivity contribution >= 4 is 16.9 Å². The summed E-state index contributed by atoms with van der Waals surface area (Å²) < 4.78 is 22.3. The number of aliphatic hydroxyl groups is 5. The lowest BCUT2D eigenvalue weighted by Gasteiger charge is -2.44. The minimum Gasteiger partial charge on any atom is -0.471 e. The van der Waals surface area contributed by atoms with Crippen LogP contribution >= 0.6 is 0 Å². The molecule has 4 aliphatic heterocycles. The fourth-order valence-electron chi connectivity index (χ4n) is 6.66. The Kier molecular flexibility index (Phi) is 7.14. The fraction of sp³-hybridized carbons (Fsp3) is 0.593. The van der Waals surface area contributed by atoms with E-state index in [1.54, 1.807) is 0 Å². The largest absolute Gasteiger partial charge is 0.471 e. The average Bonchev–Trinajstić information content (AvgIpc) is 3.25. The Balaban J connectivity index is 1.34. The highest BCUT2D eigenvalue weighted by Crippen LogP contribution is 2.47. The lowest BCUT2D eigenvalue weighted by molar-refractivity contribution is -0.345. The summed E-state index contributed by atoms with van der Waals surface area (Å²) in [5, 5.41) is 53.1. The lowest BCUT2D eigenvalue weighted by Crippen LogP contribution is -2.60. The van der Waals surface area contributed by atoms with Gasteiger partial charge in [0.1, 0.15) is 24.4 Å². The Morgan fingerprint density at radius 3 is 2.69 bits per heavy atom. The maximum absolute atomic E-state index is 12.8. The summed E-state index contributed by atoms with van der Waals surface area (Å²) in [7, 11) is 1.28. The van der Waals surface area contributed by atoms with Crippen molar-refractivity contribution in [2.24, 2.45) is 11.8 Å². The molecule has 0 spiro atoms. The first kappa shape index (κ1) is 26.7. The van der Waals surface area contributed by atoms with Crippen LogP contribution in [0.1, 0.15) is 23.7 Å². The van der Waals surface area contributed by atoms with Crippen molar-refractivity contribution in [1.29, 1.82) is 0 Å². The topological polar surface area (TPSA) is 174 Å². The molecular formula is C27H34N2O10. The first-order valence-electron chi connectivity index (χ1n) is 13.2. The van der Waals surface area contributed by atoms with Gasteiger partial charge in [0.2, 0.25) is 6.29 Å². The molecule has 0 amide bonds. The smallest absolute Gasteiger partial charge is 0.337 e. The second-order valence-electron chi connectivity index (χ2n) is 10.7. The van der Waals surface area contributed by atoms with Gasteiger partial charge in [-0.15, -0.1) is 0 Å². The van der Waals surface area contributed by atoms with Crippen LogP contribution in [0.15, 0.2) is 36.1 Å². The molecule has 5 heterocycles. The van der Waals surface area contributed by atoms with Gasteiger partial charge in [0.05, 0.1) is 43.6 Å². The minimum atomic E-state index is -1.64. The summed E-state index contributed by atoms with van der Waals surface area (Å²) in [5.41, 5.74) is 3.58. The van der Waals surface area contributed by atoms with Gasteiger partial charge in [-0.05, 0) is 24.5 Å². The number of H-pyrrole nitrogens is 1. The van der Waals surface area contributed by atoms with Gasteiger partial charge in [-0.2, -0.15) is 0 Å². The SMILES string of the molecule is COC(=O)C1=CO[C@@H](O[C@@H]2O[C@H](CO)[C@@H](O)[C@H](O)[C@H]2O)[C@@H]2[C@H](O)CN3CCc4c([nH]c5ccccc45)[C@@H]3C[C@@H]12. The van der Waals surface area contributed by atoms with Crippen LogP contribution in [0.4, 0.5) is 0 Å². The number of para-hydroxylation sites is 1. The molecule has 0 radical (unpaired) electrons. The molecule has 2 saturated heterocycles. The number of aromatic nitrogens is 1. The van der Waals surface area contributed by atoms with Gasteiger partial charge >= 0.3 is 5.97 Å². The van der Waals surface area contributed by atoms with Crippen LogP contribution in [0.25, 0.3) is 10.9 Å². The van der Waals surface area contributed by atoms with E-state index in [1.807, 2.05) is 18.2 Å². The second kappa shape index (κ2) is 10.5. The molecule has 0 saturated carbocycles. The number of nitrogens with zero attached hydrogens (tertiary/aromatic N) is 1. The standard InChI is InChI=1S/C27H34N2O10/c1-36-25(35)15-11-37-26(39-27-24(34)23(33)22(32)19(10-30)38-27)20-14(15)8-17-21-13(6-7-29(17)9-18(20)31)12-4-2-3-5-16(12)28-21/h2-5,11,14,17-20,22-24,26-28,30-34H,6-10H2,1H3/t14-,17-,18+,19+,20-,22+,23-,24+,26-,27-/m0/s1. The van der Waals surface area contributed by atoms with Crippen molar-refractivity contribution in [3.05, 3.63) is 47.4 Å². The van der Waals surface area contributed by atoms with E-state index >= 15 is 0 Å². The van der Waals surface area contributed by atoms with Crippen molar-refractivity contribution in [2.45, 2.75) is 62.0 Å². The molecule has 2 fully saturated rings. The summed E-state index contributed by atoms with van der Waals surface area (Å²) in [4.78, 5) is 18.6. The number of methoxy groups -OCH3 is 1. The van der Waals surface area contributed by atoms with E-state index in [9.17, 15) is 30.3 Å². The van der Waals surface area contributed by atoms with Crippen LogP contribution in [0.3, 0.4) is 0 Å². The quantitative estimate of drug-likeness (QED) is 0.268. The normalized spacial score (nSPS) is 38.6. The molecule has 6 N–H and O–H groups in total. The first-order valence-corrected chi connectivity index (χ1v) is 13.2. The maximum atomic E-state index is 12.8. The molecule has 2 aromatic rings. The monoisotopic (exact) mass is 546 g/mol. The van der Waals surface area contributed by atoms with Crippen LogP contribution in [0.5, 0.6) is 0 Å². The number of carbonyl (C=O) groups is 1. The van der Waals surface area contributed by atoms with E-state index in [1.165, 1.54) is 18.9 Å². The number of ether oxygens (including phenoxy) is 4. The van der Waals surface area contributed by atoms with Gasteiger partial charge in [0.25, 0.3) is 0 Å². The molecule has 1 aromatic carbocycles. The lowest BCUT2D eigenvalue weighted by atomic mass is 9.77. The van der Waals surface area contributed by atoms with Crippen molar-refractivity contribution in [2.75, 3.05) is 26.8 Å². The van der Waals surface area contributed by atoms with Gasteiger partial charge in [-0.3, -0.25) is 4.90 Å². The fourth-order valence-corrected chi connectivity index (χ4v) is 6.66. The Hall–Kier alpha value is -2.55. The summed E-state index contributed by atoms with van der Waals surface area (Å²) in [6.45, 7) is 0.389. The molecule has 6 rings (SSSR count). The summed E-state index contributed by atoms with van der Waals surface area (Å²) >= 11 is 0. The highest BCUT2D eigenvalue weighted by atomic mass is 16.8. The number of benzene rings is 1. The zero-order chi connectivity index (χ0) is 27.4. The first-order chi connectivity index (χ1) is 18.8. The third kappa shape index (κ3) is 4.45. The van der Waals surface area contributed by atoms with Gasteiger partial charge in [0.15, 0.2) is 6.29 Å². The van der Waals surface area contributed by atoms with Gasteiger partial charge < -0.3 is 49.5 Å². The van der Waals surface area contributed by atoms with Crippen molar-refractivity contribution < 1.29 is 49.3 Å². The molecule has 39 heavy (non-hydrogen) atoms. The van der Waals surface area contributed by atoms with Crippen LogP contribution in [0, 0.1) is 11.8 Å². The molecule has 1 aromatic heterocycles. The summed E-state index contributed by atoms with van der Waals surface area (Å²) in [6, 6.07) is 7.99. The number of aromatic amines is 1. The van der Waals surface area contributed by atoms with Crippen LogP contribution in [0.2, 0.25) is 0 Å². The Morgan fingerprint density at radius 1 is 1.13 bits per heavy atom. The average molecular weight is 547 g/mol. The predicted octanol–water partition coefficient (Wildman–Crippen LogP) is -0.706. The number of rotatable bonds is 4. The van der Waals surface area contributed by atoms with E-state index in [4.69, 9.17) is 18.9 Å². The third-order valence-corrected chi connectivity index (χ3v) is 8.66. The molecule has 12 heteroatoms. The van der Waals surface area contributed by atoms with Crippen molar-refractivity contribution in [3.63, 3.8) is 0 Å². The van der Waals surface area contributed by atoms with Crippen LogP contribution < -0.4 is 0 Å². The number of nitrogens with one attached hydrogen (secondary N) is 1. The molecule has 0 bridgehead atoms. The minimum absolute atomic E-state index is 0.120. The predicted molar refractivity (Wildman–Crippen MR) is 134 cm³/mol. The molecule has 0 aliphatic carbocycles. The summed E-state index contributed by atoms with van der Waals surface area (Å²) in [6.07, 6.45) is -7.06. The number of fused-ring (bicyclic) bond motifs is 6. The molecule has 10 atom stereocenters. The molecular weight excluding hydrogens is 512 g/mol.